The molecule has 2 amide bonds. The number of pyridine rings is 1. The minimum absolute atomic E-state index is 0.0864. The zero-order valence-corrected chi connectivity index (χ0v) is 14.2. The summed E-state index contributed by atoms with van der Waals surface area (Å²) in [5.74, 6) is 2.07. The summed E-state index contributed by atoms with van der Waals surface area (Å²) in [6.45, 7) is 0.758. The van der Waals surface area contributed by atoms with Crippen LogP contribution in [-0.2, 0) is 13.0 Å². The molecule has 0 spiro atoms. The van der Waals surface area contributed by atoms with Crippen LogP contribution in [0.4, 0.5) is 4.79 Å². The molecule has 25 heavy (non-hydrogen) atoms. The molecule has 1 aromatic heterocycles. The average molecular weight is 343 g/mol. The molecule has 1 aromatic carbocycles. The van der Waals surface area contributed by atoms with Crippen LogP contribution in [0.15, 0.2) is 36.5 Å². The maximum absolute atomic E-state index is 12.1. The number of ether oxygens (including phenoxy) is 3. The number of aromatic nitrogens is 1. The van der Waals surface area contributed by atoms with Gasteiger partial charge in [-0.15, -0.1) is 0 Å². The Hall–Kier alpha value is -2.96. The van der Waals surface area contributed by atoms with Gasteiger partial charge < -0.3 is 24.8 Å². The standard InChI is InChI=1S/C18H21N3O4/c1-23-15-6-5-12-8-14(11-25-16(12)9-15)21-18(22)20-10-13-4-3-7-19-17(13)24-2/h3-7,9,14H,8,10-11H2,1-2H3,(H2,20,21,22)/t14-/m1/s1. The number of hydrogen-bond acceptors (Lipinski definition) is 5. The molecule has 2 N–H and O–H groups in total. The number of nitrogens with zero attached hydrogens (tertiary/aromatic N) is 1. The fraction of sp³-hybridized carbons (Fsp3) is 0.333. The number of benzene rings is 1. The molecule has 7 heteroatoms. The van der Waals surface area contributed by atoms with E-state index in [0.29, 0.717) is 25.5 Å². The van der Waals surface area contributed by atoms with Crippen molar-refractivity contribution in [2.75, 3.05) is 20.8 Å². The van der Waals surface area contributed by atoms with Crippen molar-refractivity contribution in [3.05, 3.63) is 47.7 Å². The molecule has 0 saturated heterocycles. The first kappa shape index (κ1) is 16.9. The van der Waals surface area contributed by atoms with Crippen molar-refractivity contribution in [2.45, 2.75) is 19.0 Å². The van der Waals surface area contributed by atoms with Crippen LogP contribution in [0.3, 0.4) is 0 Å². The number of fused-ring (bicyclic) bond motifs is 1. The Kier molecular flexibility index (Phi) is 5.23. The van der Waals surface area contributed by atoms with E-state index in [1.54, 1.807) is 26.5 Å². The van der Waals surface area contributed by atoms with Crippen LogP contribution in [0, 0.1) is 0 Å². The fourth-order valence-electron chi connectivity index (χ4n) is 2.73. The van der Waals surface area contributed by atoms with Gasteiger partial charge in [0.05, 0.1) is 20.3 Å². The Bertz CT molecular complexity index is 751. The van der Waals surface area contributed by atoms with E-state index in [2.05, 4.69) is 15.6 Å². The molecule has 1 aliphatic heterocycles. The lowest BCUT2D eigenvalue weighted by Crippen LogP contribution is -2.47. The number of carbonyl (C=O) groups excluding carboxylic acids is 1. The van der Waals surface area contributed by atoms with Crippen LogP contribution >= 0.6 is 0 Å². The van der Waals surface area contributed by atoms with Crippen LogP contribution in [0.5, 0.6) is 17.4 Å². The average Bonchev–Trinajstić information content (AvgIpc) is 2.66. The van der Waals surface area contributed by atoms with E-state index < -0.39 is 0 Å². The van der Waals surface area contributed by atoms with Gasteiger partial charge in [-0.05, 0) is 24.1 Å². The molecule has 1 atom stereocenters. The Morgan fingerprint density at radius 3 is 3.00 bits per heavy atom. The summed E-state index contributed by atoms with van der Waals surface area (Å²) < 4.78 is 16.1. The predicted octanol–water partition coefficient (Wildman–Crippen LogP) is 1.90. The maximum atomic E-state index is 12.1. The molecule has 1 aliphatic rings. The summed E-state index contributed by atoms with van der Waals surface area (Å²) in [6.07, 6.45) is 2.36. The van der Waals surface area contributed by atoms with Crippen molar-refractivity contribution >= 4 is 6.03 Å². The van der Waals surface area contributed by atoms with Gasteiger partial charge >= 0.3 is 6.03 Å². The van der Waals surface area contributed by atoms with Crippen LogP contribution in [0.1, 0.15) is 11.1 Å². The minimum Gasteiger partial charge on any atom is -0.497 e. The van der Waals surface area contributed by atoms with Crippen LogP contribution in [0.2, 0.25) is 0 Å². The zero-order valence-electron chi connectivity index (χ0n) is 14.2. The van der Waals surface area contributed by atoms with Gasteiger partial charge in [-0.25, -0.2) is 9.78 Å². The van der Waals surface area contributed by atoms with Gasteiger partial charge in [0, 0.05) is 24.4 Å². The third-order valence-electron chi connectivity index (χ3n) is 4.00. The van der Waals surface area contributed by atoms with Crippen molar-refractivity contribution in [2.24, 2.45) is 0 Å². The number of hydrogen-bond donors (Lipinski definition) is 2. The highest BCUT2D eigenvalue weighted by Gasteiger charge is 2.22. The summed E-state index contributed by atoms with van der Waals surface area (Å²) in [5, 5.41) is 5.75. The number of carbonyl (C=O) groups is 1. The number of methoxy groups -OCH3 is 2. The van der Waals surface area contributed by atoms with E-state index >= 15 is 0 Å². The van der Waals surface area contributed by atoms with Crippen LogP contribution < -0.4 is 24.8 Å². The van der Waals surface area contributed by atoms with Crippen molar-refractivity contribution in [3.8, 4) is 17.4 Å². The molecule has 0 fully saturated rings. The number of amides is 2. The van der Waals surface area contributed by atoms with Gasteiger partial charge in [0.15, 0.2) is 0 Å². The monoisotopic (exact) mass is 343 g/mol. The van der Waals surface area contributed by atoms with E-state index in [4.69, 9.17) is 14.2 Å². The van der Waals surface area contributed by atoms with Crippen LogP contribution in [-0.4, -0.2) is 37.9 Å². The third-order valence-corrected chi connectivity index (χ3v) is 4.00. The summed E-state index contributed by atoms with van der Waals surface area (Å²) in [7, 11) is 3.17. The molecule has 0 radical (unpaired) electrons. The van der Waals surface area contributed by atoms with Gasteiger partial charge in [-0.2, -0.15) is 0 Å². The number of rotatable bonds is 5. The van der Waals surface area contributed by atoms with Crippen LogP contribution in [0.25, 0.3) is 0 Å². The lowest BCUT2D eigenvalue weighted by Gasteiger charge is -2.26. The summed E-state index contributed by atoms with van der Waals surface area (Å²) in [6, 6.07) is 9.03. The number of urea groups is 1. The lowest BCUT2D eigenvalue weighted by atomic mass is 10.0. The molecule has 0 unspecified atom stereocenters. The smallest absolute Gasteiger partial charge is 0.315 e. The van der Waals surface area contributed by atoms with E-state index in [-0.39, 0.29) is 12.1 Å². The van der Waals surface area contributed by atoms with E-state index in [0.717, 1.165) is 22.6 Å². The number of nitrogens with one attached hydrogen (secondary N) is 2. The van der Waals surface area contributed by atoms with Crippen molar-refractivity contribution in [1.82, 2.24) is 15.6 Å². The maximum Gasteiger partial charge on any atom is 0.315 e. The Balaban J connectivity index is 1.53. The lowest BCUT2D eigenvalue weighted by molar-refractivity contribution is 0.213. The Labute approximate surface area is 146 Å². The second kappa shape index (κ2) is 7.74. The highest BCUT2D eigenvalue weighted by atomic mass is 16.5. The van der Waals surface area contributed by atoms with Crippen molar-refractivity contribution in [3.63, 3.8) is 0 Å². The van der Waals surface area contributed by atoms with E-state index in [1.165, 1.54) is 0 Å². The zero-order chi connectivity index (χ0) is 17.6. The largest absolute Gasteiger partial charge is 0.497 e. The third kappa shape index (κ3) is 4.12. The molecule has 2 heterocycles. The fourth-order valence-corrected chi connectivity index (χ4v) is 2.73. The first-order valence-corrected chi connectivity index (χ1v) is 8.01. The normalized spacial score (nSPS) is 15.5. The van der Waals surface area contributed by atoms with E-state index in [1.807, 2.05) is 24.3 Å². The van der Waals surface area contributed by atoms with Gasteiger partial charge in [0.2, 0.25) is 5.88 Å². The van der Waals surface area contributed by atoms with Crippen molar-refractivity contribution in [1.29, 1.82) is 0 Å². The molecule has 132 valence electrons. The van der Waals surface area contributed by atoms with Gasteiger partial charge in [-0.3, -0.25) is 0 Å². The topological polar surface area (TPSA) is 81.7 Å². The Morgan fingerprint density at radius 1 is 1.32 bits per heavy atom. The van der Waals surface area contributed by atoms with Gasteiger partial charge in [0.25, 0.3) is 0 Å². The first-order valence-electron chi connectivity index (χ1n) is 8.01. The molecule has 3 rings (SSSR count). The second-order valence-corrected chi connectivity index (χ2v) is 5.68. The molecular formula is C18H21N3O4. The summed E-state index contributed by atoms with van der Waals surface area (Å²) in [4.78, 5) is 16.2. The summed E-state index contributed by atoms with van der Waals surface area (Å²) in [5.41, 5.74) is 1.86. The molecule has 7 nitrogen and oxygen atoms in total. The minimum atomic E-state index is -0.253. The second-order valence-electron chi connectivity index (χ2n) is 5.68. The highest BCUT2D eigenvalue weighted by Crippen LogP contribution is 2.29. The van der Waals surface area contributed by atoms with Crippen molar-refractivity contribution < 1.29 is 19.0 Å². The Morgan fingerprint density at radius 2 is 2.20 bits per heavy atom. The molecular weight excluding hydrogens is 322 g/mol. The van der Waals surface area contributed by atoms with Gasteiger partial charge in [0.1, 0.15) is 18.1 Å². The van der Waals surface area contributed by atoms with E-state index in [9.17, 15) is 4.79 Å². The molecule has 0 saturated carbocycles. The molecule has 0 bridgehead atoms. The summed E-state index contributed by atoms with van der Waals surface area (Å²) >= 11 is 0. The van der Waals surface area contributed by atoms with Gasteiger partial charge in [-0.1, -0.05) is 12.1 Å². The predicted molar refractivity (Wildman–Crippen MR) is 92.1 cm³/mol. The molecule has 2 aromatic rings. The first-order chi connectivity index (χ1) is 12.2. The highest BCUT2D eigenvalue weighted by molar-refractivity contribution is 5.74. The quantitative estimate of drug-likeness (QED) is 0.867. The SMILES string of the molecule is COc1ccc2c(c1)OC[C@H](NC(=O)NCc1cccnc1OC)C2. The molecule has 0 aliphatic carbocycles.